The van der Waals surface area contributed by atoms with Crippen LogP contribution in [-0.2, 0) is 4.74 Å². The number of H-pyrrole nitrogens is 1. The number of nitrogens with one attached hydrogen (secondary N) is 2. The third-order valence-electron chi connectivity index (χ3n) is 6.06. The molecule has 1 amide bonds. The van der Waals surface area contributed by atoms with Gasteiger partial charge in [-0.15, -0.1) is 0 Å². The van der Waals surface area contributed by atoms with Crippen LogP contribution in [0.2, 0.25) is 0 Å². The predicted octanol–water partition coefficient (Wildman–Crippen LogP) is 5.05. The fourth-order valence-electron chi connectivity index (χ4n) is 4.66. The van der Waals surface area contributed by atoms with Crippen molar-refractivity contribution < 1.29 is 14.6 Å². The van der Waals surface area contributed by atoms with Crippen LogP contribution in [0.3, 0.4) is 0 Å². The van der Waals surface area contributed by atoms with Gasteiger partial charge in [0.25, 0.3) is 0 Å². The van der Waals surface area contributed by atoms with E-state index < -0.39 is 12.2 Å². The van der Waals surface area contributed by atoms with Crippen molar-refractivity contribution in [2.24, 2.45) is 0 Å². The molecule has 4 aromatic rings. The van der Waals surface area contributed by atoms with Gasteiger partial charge in [-0.2, -0.15) is 0 Å². The first-order valence-corrected chi connectivity index (χ1v) is 10.5. The van der Waals surface area contributed by atoms with Gasteiger partial charge in [0.05, 0.1) is 12.6 Å². The standard InChI is InChI=1S/C26H24N2O3/c1-16-25(21-12-6-7-13-23(21)28-16)24(29)14-27-26(30)31-15-22-19-10-4-2-8-17(19)18-9-3-5-11-20(18)22/h2-13,22,24,28-29H,14-15H2,1H3,(H,27,30). The number of fused-ring (bicyclic) bond motifs is 4. The van der Waals surface area contributed by atoms with E-state index in [2.05, 4.69) is 34.6 Å². The number of carbonyl (C=O) groups excluding carboxylic acids is 1. The van der Waals surface area contributed by atoms with Crippen molar-refractivity contribution in [2.75, 3.05) is 13.2 Å². The third kappa shape index (κ3) is 3.47. The molecule has 1 aliphatic rings. The van der Waals surface area contributed by atoms with E-state index in [0.29, 0.717) is 0 Å². The zero-order valence-electron chi connectivity index (χ0n) is 17.3. The van der Waals surface area contributed by atoms with Gasteiger partial charge in [0.1, 0.15) is 6.61 Å². The molecule has 5 rings (SSSR count). The summed E-state index contributed by atoms with van der Waals surface area (Å²) in [5.74, 6) is 0.0129. The first-order chi connectivity index (χ1) is 15.1. The number of amides is 1. The van der Waals surface area contributed by atoms with E-state index in [4.69, 9.17) is 4.74 Å². The Morgan fingerprint density at radius 1 is 1.00 bits per heavy atom. The van der Waals surface area contributed by atoms with Gasteiger partial charge >= 0.3 is 6.09 Å². The molecular formula is C26H24N2O3. The number of aliphatic hydroxyl groups is 1. The number of aromatic amines is 1. The maximum Gasteiger partial charge on any atom is 0.407 e. The maximum atomic E-state index is 12.4. The number of rotatable bonds is 5. The largest absolute Gasteiger partial charge is 0.449 e. The van der Waals surface area contributed by atoms with Crippen LogP contribution in [0.15, 0.2) is 72.8 Å². The summed E-state index contributed by atoms with van der Waals surface area (Å²) in [4.78, 5) is 15.7. The number of alkyl carbamates (subject to hydrolysis) is 1. The van der Waals surface area contributed by atoms with E-state index in [9.17, 15) is 9.90 Å². The molecule has 1 unspecified atom stereocenters. The van der Waals surface area contributed by atoms with Crippen LogP contribution in [0.5, 0.6) is 0 Å². The lowest BCUT2D eigenvalue weighted by Crippen LogP contribution is -2.30. The molecular weight excluding hydrogens is 388 g/mol. The topological polar surface area (TPSA) is 74.4 Å². The number of hydrogen-bond donors (Lipinski definition) is 3. The molecule has 5 nitrogen and oxygen atoms in total. The van der Waals surface area contributed by atoms with Crippen LogP contribution in [0.4, 0.5) is 4.79 Å². The Labute approximate surface area is 180 Å². The fraction of sp³-hybridized carbons (Fsp3) is 0.192. The highest BCUT2D eigenvalue weighted by molar-refractivity contribution is 5.85. The summed E-state index contributed by atoms with van der Waals surface area (Å²) in [6.07, 6.45) is -1.35. The second-order valence-electron chi connectivity index (χ2n) is 7.93. The Morgan fingerprint density at radius 3 is 2.32 bits per heavy atom. The summed E-state index contributed by atoms with van der Waals surface area (Å²) in [7, 11) is 0. The first-order valence-electron chi connectivity index (χ1n) is 10.5. The van der Waals surface area contributed by atoms with Crippen LogP contribution in [0, 0.1) is 6.92 Å². The molecule has 1 atom stereocenters. The molecule has 1 aliphatic carbocycles. The Hall–Kier alpha value is -3.57. The van der Waals surface area contributed by atoms with Crippen molar-refractivity contribution in [1.29, 1.82) is 0 Å². The minimum absolute atomic E-state index is 0.0129. The zero-order valence-corrected chi connectivity index (χ0v) is 17.3. The summed E-state index contributed by atoms with van der Waals surface area (Å²) in [6, 6.07) is 24.3. The molecule has 0 radical (unpaired) electrons. The number of aliphatic hydroxyl groups excluding tert-OH is 1. The van der Waals surface area contributed by atoms with Crippen molar-refractivity contribution in [3.8, 4) is 11.1 Å². The summed E-state index contributed by atoms with van der Waals surface area (Å²) >= 11 is 0. The predicted molar refractivity (Wildman–Crippen MR) is 121 cm³/mol. The van der Waals surface area contributed by atoms with E-state index in [0.717, 1.165) is 22.2 Å². The van der Waals surface area contributed by atoms with Crippen molar-refractivity contribution in [3.05, 3.63) is 95.2 Å². The molecule has 0 bridgehead atoms. The van der Waals surface area contributed by atoms with E-state index in [1.54, 1.807) is 0 Å². The summed E-state index contributed by atoms with van der Waals surface area (Å²) in [6.45, 7) is 2.26. The first kappa shape index (κ1) is 19.4. The van der Waals surface area contributed by atoms with Crippen LogP contribution >= 0.6 is 0 Å². The van der Waals surface area contributed by atoms with Gasteiger partial charge in [-0.05, 0) is 35.2 Å². The molecule has 5 heteroatoms. The number of hydrogen-bond acceptors (Lipinski definition) is 3. The van der Waals surface area contributed by atoms with Crippen molar-refractivity contribution >= 4 is 17.0 Å². The zero-order chi connectivity index (χ0) is 21.4. The molecule has 31 heavy (non-hydrogen) atoms. The van der Waals surface area contributed by atoms with E-state index in [-0.39, 0.29) is 19.1 Å². The second kappa shape index (κ2) is 7.93. The lowest BCUT2D eigenvalue weighted by molar-refractivity contribution is 0.129. The Bertz CT molecular complexity index is 1210. The molecule has 3 aromatic carbocycles. The molecule has 1 aromatic heterocycles. The van der Waals surface area contributed by atoms with Crippen molar-refractivity contribution in [2.45, 2.75) is 18.9 Å². The van der Waals surface area contributed by atoms with Gasteiger partial charge in [0, 0.05) is 28.1 Å². The van der Waals surface area contributed by atoms with Gasteiger partial charge in [-0.3, -0.25) is 0 Å². The van der Waals surface area contributed by atoms with E-state index >= 15 is 0 Å². The molecule has 0 saturated carbocycles. The average Bonchev–Trinajstić information content (AvgIpc) is 3.30. The number of para-hydroxylation sites is 1. The summed E-state index contributed by atoms with van der Waals surface area (Å²) < 4.78 is 5.56. The SMILES string of the molecule is Cc1[nH]c2ccccc2c1C(O)CNC(=O)OCC1c2ccccc2-c2ccccc21. The van der Waals surface area contributed by atoms with Gasteiger partial charge in [0.15, 0.2) is 0 Å². The van der Waals surface area contributed by atoms with E-state index in [1.807, 2.05) is 55.5 Å². The minimum atomic E-state index is -0.823. The molecule has 1 heterocycles. The molecule has 0 fully saturated rings. The van der Waals surface area contributed by atoms with Crippen LogP contribution in [0.1, 0.15) is 34.4 Å². The van der Waals surface area contributed by atoms with Gasteiger partial charge in [-0.25, -0.2) is 4.79 Å². The van der Waals surface area contributed by atoms with Crippen LogP contribution in [-0.4, -0.2) is 29.3 Å². The number of carbonyl (C=O) groups is 1. The van der Waals surface area contributed by atoms with Gasteiger partial charge in [0.2, 0.25) is 0 Å². The highest BCUT2D eigenvalue weighted by Gasteiger charge is 2.29. The quantitative estimate of drug-likeness (QED) is 0.429. The third-order valence-corrected chi connectivity index (χ3v) is 6.06. The Balaban J connectivity index is 1.24. The number of benzene rings is 3. The fourth-order valence-corrected chi connectivity index (χ4v) is 4.66. The highest BCUT2D eigenvalue weighted by Crippen LogP contribution is 2.44. The normalized spacial score (nSPS) is 13.6. The van der Waals surface area contributed by atoms with Crippen LogP contribution in [0.25, 0.3) is 22.0 Å². The van der Waals surface area contributed by atoms with Gasteiger partial charge in [-0.1, -0.05) is 66.7 Å². The van der Waals surface area contributed by atoms with Crippen molar-refractivity contribution in [3.63, 3.8) is 0 Å². The lowest BCUT2D eigenvalue weighted by atomic mass is 9.98. The second-order valence-corrected chi connectivity index (χ2v) is 7.93. The Morgan fingerprint density at radius 2 is 1.61 bits per heavy atom. The van der Waals surface area contributed by atoms with E-state index in [1.165, 1.54) is 22.3 Å². The molecule has 0 saturated heterocycles. The molecule has 0 aliphatic heterocycles. The molecule has 0 spiro atoms. The summed E-state index contributed by atoms with van der Waals surface area (Å²) in [5.41, 5.74) is 7.39. The number of aromatic nitrogens is 1. The number of aryl methyl sites for hydroxylation is 1. The molecule has 156 valence electrons. The van der Waals surface area contributed by atoms with Crippen LogP contribution < -0.4 is 5.32 Å². The number of ether oxygens (including phenoxy) is 1. The lowest BCUT2D eigenvalue weighted by Gasteiger charge is -2.16. The highest BCUT2D eigenvalue weighted by atomic mass is 16.5. The minimum Gasteiger partial charge on any atom is -0.449 e. The maximum absolute atomic E-state index is 12.4. The van der Waals surface area contributed by atoms with Crippen molar-refractivity contribution in [1.82, 2.24) is 10.3 Å². The Kier molecular flexibility index (Phi) is 4.96. The molecule has 3 N–H and O–H groups in total. The smallest absolute Gasteiger partial charge is 0.407 e. The average molecular weight is 412 g/mol. The van der Waals surface area contributed by atoms with Gasteiger partial charge < -0.3 is 20.1 Å². The monoisotopic (exact) mass is 412 g/mol. The summed E-state index contributed by atoms with van der Waals surface area (Å²) in [5, 5.41) is 14.4.